The molecule has 0 atom stereocenters. The average molecular weight is 375 g/mol. The second-order valence-electron chi connectivity index (χ2n) is 6.39. The highest BCUT2D eigenvalue weighted by Crippen LogP contribution is 2.18. The van der Waals surface area contributed by atoms with E-state index < -0.39 is 0 Å². The Labute approximate surface area is 163 Å². The Balaban J connectivity index is 1.70. The molecule has 0 aliphatic rings. The molecule has 0 aliphatic carbocycles. The molecule has 0 unspecified atom stereocenters. The van der Waals surface area contributed by atoms with E-state index in [1.165, 1.54) is 6.92 Å². The fraction of sp³-hybridized carbons (Fsp3) is 0.143. The van der Waals surface area contributed by atoms with E-state index >= 15 is 0 Å². The summed E-state index contributed by atoms with van der Waals surface area (Å²) in [5.41, 5.74) is 4.26. The molecule has 0 spiro atoms. The maximum absolute atomic E-state index is 12.5. The number of aryl methyl sites for hydroxylation is 2. The SMILES string of the molecule is CC(=O)Nc1ccc(NC(=O)c2cccc(Nc3nc(C)cc(C)n3)c2)cc1. The monoisotopic (exact) mass is 375 g/mol. The summed E-state index contributed by atoms with van der Waals surface area (Å²) in [6.45, 7) is 5.25. The number of anilines is 4. The molecular formula is C21H21N5O2. The van der Waals surface area contributed by atoms with Crippen LogP contribution in [0.3, 0.4) is 0 Å². The zero-order valence-corrected chi connectivity index (χ0v) is 15.9. The van der Waals surface area contributed by atoms with Gasteiger partial charge in [0.1, 0.15) is 0 Å². The normalized spacial score (nSPS) is 10.2. The van der Waals surface area contributed by atoms with Gasteiger partial charge in [0, 0.05) is 40.9 Å². The summed E-state index contributed by atoms with van der Waals surface area (Å²) in [6.07, 6.45) is 0. The second kappa shape index (κ2) is 8.30. The summed E-state index contributed by atoms with van der Waals surface area (Å²) in [5, 5.41) is 8.65. The van der Waals surface area contributed by atoms with Crippen molar-refractivity contribution in [2.75, 3.05) is 16.0 Å². The summed E-state index contributed by atoms with van der Waals surface area (Å²) in [6, 6.07) is 15.9. The minimum absolute atomic E-state index is 0.145. The fourth-order valence-corrected chi connectivity index (χ4v) is 2.69. The molecule has 7 nitrogen and oxygen atoms in total. The van der Waals surface area contributed by atoms with Crippen LogP contribution < -0.4 is 16.0 Å². The van der Waals surface area contributed by atoms with Crippen LogP contribution in [0.5, 0.6) is 0 Å². The van der Waals surface area contributed by atoms with Crippen molar-refractivity contribution in [3.63, 3.8) is 0 Å². The van der Waals surface area contributed by atoms with Crippen LogP contribution in [-0.2, 0) is 4.79 Å². The highest BCUT2D eigenvalue weighted by atomic mass is 16.2. The van der Waals surface area contributed by atoms with E-state index in [-0.39, 0.29) is 11.8 Å². The lowest BCUT2D eigenvalue weighted by Crippen LogP contribution is -2.12. The first-order valence-corrected chi connectivity index (χ1v) is 8.77. The second-order valence-corrected chi connectivity index (χ2v) is 6.39. The Hall–Kier alpha value is -3.74. The number of carbonyl (C=O) groups is 2. The van der Waals surface area contributed by atoms with E-state index in [9.17, 15) is 9.59 Å². The fourth-order valence-electron chi connectivity index (χ4n) is 2.69. The number of nitrogens with one attached hydrogen (secondary N) is 3. The smallest absolute Gasteiger partial charge is 0.255 e. The molecule has 2 aromatic carbocycles. The van der Waals surface area contributed by atoms with Crippen LogP contribution in [0.1, 0.15) is 28.7 Å². The first-order chi connectivity index (χ1) is 13.4. The molecule has 3 N–H and O–H groups in total. The third kappa shape index (κ3) is 5.14. The number of hydrogen-bond acceptors (Lipinski definition) is 5. The zero-order chi connectivity index (χ0) is 20.1. The minimum Gasteiger partial charge on any atom is -0.326 e. The molecule has 1 heterocycles. The predicted octanol–water partition coefficient (Wildman–Crippen LogP) is 4.05. The van der Waals surface area contributed by atoms with Crippen LogP contribution >= 0.6 is 0 Å². The molecule has 7 heteroatoms. The molecule has 3 rings (SSSR count). The Bertz CT molecular complexity index is 995. The number of amides is 2. The maximum Gasteiger partial charge on any atom is 0.255 e. The van der Waals surface area contributed by atoms with Gasteiger partial charge in [0.25, 0.3) is 5.91 Å². The van der Waals surface area contributed by atoms with Gasteiger partial charge < -0.3 is 16.0 Å². The lowest BCUT2D eigenvalue weighted by atomic mass is 10.2. The minimum atomic E-state index is -0.239. The van der Waals surface area contributed by atoms with Gasteiger partial charge in [-0.15, -0.1) is 0 Å². The highest BCUT2D eigenvalue weighted by Gasteiger charge is 2.08. The van der Waals surface area contributed by atoms with E-state index in [1.807, 2.05) is 26.0 Å². The first kappa shape index (κ1) is 19.0. The molecule has 0 saturated heterocycles. The van der Waals surface area contributed by atoms with Crippen LogP contribution in [0.25, 0.3) is 0 Å². The van der Waals surface area contributed by atoms with Crippen molar-refractivity contribution in [1.82, 2.24) is 9.97 Å². The molecule has 0 bridgehead atoms. The standard InChI is InChI=1S/C21H21N5O2/c1-13-11-14(2)23-21(22-13)26-19-6-4-5-16(12-19)20(28)25-18-9-7-17(8-10-18)24-15(3)27/h4-12H,1-3H3,(H,24,27)(H,25,28)(H,22,23,26). The van der Waals surface area contributed by atoms with Gasteiger partial charge in [-0.05, 0) is 62.4 Å². The summed E-state index contributed by atoms with van der Waals surface area (Å²) in [4.78, 5) is 32.3. The average Bonchev–Trinajstić information content (AvgIpc) is 2.62. The van der Waals surface area contributed by atoms with Gasteiger partial charge >= 0.3 is 0 Å². The van der Waals surface area contributed by atoms with Crippen molar-refractivity contribution in [1.29, 1.82) is 0 Å². The topological polar surface area (TPSA) is 96.0 Å². The van der Waals surface area contributed by atoms with Crippen LogP contribution in [-0.4, -0.2) is 21.8 Å². The van der Waals surface area contributed by atoms with Crippen LogP contribution in [0, 0.1) is 13.8 Å². The van der Waals surface area contributed by atoms with Crippen LogP contribution in [0.15, 0.2) is 54.6 Å². The number of benzene rings is 2. The number of carbonyl (C=O) groups excluding carboxylic acids is 2. The van der Waals surface area contributed by atoms with Gasteiger partial charge in [0.15, 0.2) is 0 Å². The molecule has 28 heavy (non-hydrogen) atoms. The number of aromatic nitrogens is 2. The first-order valence-electron chi connectivity index (χ1n) is 8.77. The summed E-state index contributed by atoms with van der Waals surface area (Å²) in [7, 11) is 0. The van der Waals surface area contributed by atoms with Gasteiger partial charge in [-0.1, -0.05) is 6.07 Å². The molecular weight excluding hydrogens is 354 g/mol. The Morgan fingerprint density at radius 2 is 1.39 bits per heavy atom. The van der Waals surface area contributed by atoms with Gasteiger partial charge in [0.2, 0.25) is 11.9 Å². The highest BCUT2D eigenvalue weighted by molar-refractivity contribution is 6.05. The largest absolute Gasteiger partial charge is 0.326 e. The quantitative estimate of drug-likeness (QED) is 0.625. The van der Waals surface area contributed by atoms with Gasteiger partial charge in [-0.3, -0.25) is 9.59 Å². The molecule has 3 aromatic rings. The van der Waals surface area contributed by atoms with E-state index in [0.29, 0.717) is 22.9 Å². The molecule has 0 radical (unpaired) electrons. The third-order valence-corrected chi connectivity index (χ3v) is 3.83. The maximum atomic E-state index is 12.5. The molecule has 0 saturated carbocycles. The lowest BCUT2D eigenvalue weighted by Gasteiger charge is -2.10. The molecule has 0 aliphatic heterocycles. The van der Waals surface area contributed by atoms with Gasteiger partial charge in [0.05, 0.1) is 0 Å². The Kier molecular flexibility index (Phi) is 5.64. The molecule has 1 aromatic heterocycles. The number of hydrogen-bond donors (Lipinski definition) is 3. The van der Waals surface area contributed by atoms with Crippen molar-refractivity contribution in [3.05, 3.63) is 71.5 Å². The third-order valence-electron chi connectivity index (χ3n) is 3.83. The predicted molar refractivity (Wildman–Crippen MR) is 110 cm³/mol. The Morgan fingerprint density at radius 3 is 2.00 bits per heavy atom. The van der Waals surface area contributed by atoms with Crippen molar-refractivity contribution in [2.24, 2.45) is 0 Å². The molecule has 2 amide bonds. The van der Waals surface area contributed by atoms with E-state index in [2.05, 4.69) is 25.9 Å². The molecule has 0 fully saturated rings. The summed E-state index contributed by atoms with van der Waals surface area (Å²) < 4.78 is 0. The van der Waals surface area contributed by atoms with E-state index in [1.54, 1.807) is 42.5 Å². The Morgan fingerprint density at radius 1 is 0.786 bits per heavy atom. The number of rotatable bonds is 5. The van der Waals surface area contributed by atoms with Gasteiger partial charge in [-0.25, -0.2) is 9.97 Å². The van der Waals surface area contributed by atoms with E-state index in [4.69, 9.17) is 0 Å². The van der Waals surface area contributed by atoms with Crippen molar-refractivity contribution < 1.29 is 9.59 Å². The van der Waals surface area contributed by atoms with Crippen LogP contribution in [0.2, 0.25) is 0 Å². The van der Waals surface area contributed by atoms with Crippen LogP contribution in [0.4, 0.5) is 23.0 Å². The number of nitrogens with zero attached hydrogens (tertiary/aromatic N) is 2. The van der Waals surface area contributed by atoms with Crippen molar-refractivity contribution >= 4 is 34.8 Å². The van der Waals surface area contributed by atoms with Gasteiger partial charge in [-0.2, -0.15) is 0 Å². The summed E-state index contributed by atoms with van der Waals surface area (Å²) >= 11 is 0. The zero-order valence-electron chi connectivity index (χ0n) is 15.9. The van der Waals surface area contributed by atoms with Crippen molar-refractivity contribution in [2.45, 2.75) is 20.8 Å². The van der Waals surface area contributed by atoms with E-state index in [0.717, 1.165) is 17.1 Å². The lowest BCUT2D eigenvalue weighted by molar-refractivity contribution is -0.114. The van der Waals surface area contributed by atoms with Crippen molar-refractivity contribution in [3.8, 4) is 0 Å². The summed E-state index contributed by atoms with van der Waals surface area (Å²) in [5.74, 6) is 0.106. The molecule has 142 valence electrons.